The van der Waals surface area contributed by atoms with Gasteiger partial charge < -0.3 is 24.1 Å². The third-order valence-electron chi connectivity index (χ3n) is 4.42. The third kappa shape index (κ3) is 4.84. The maximum atomic E-state index is 11.9. The summed E-state index contributed by atoms with van der Waals surface area (Å²) in [6.07, 6.45) is 0. The molecule has 4 aromatic rings. The normalized spacial score (nSPS) is 10.1. The number of methoxy groups -OCH3 is 2. The number of hydrogen-bond acceptors (Lipinski definition) is 6. The van der Waals surface area contributed by atoms with E-state index in [2.05, 4.69) is 0 Å². The van der Waals surface area contributed by atoms with E-state index in [1.807, 2.05) is 48.5 Å². The summed E-state index contributed by atoms with van der Waals surface area (Å²) in [7, 11) is 2.67. The van der Waals surface area contributed by atoms with Crippen molar-refractivity contribution in [1.29, 1.82) is 0 Å². The van der Waals surface area contributed by atoms with E-state index < -0.39 is 5.97 Å². The number of aromatic carboxylic acids is 1. The zero-order valence-corrected chi connectivity index (χ0v) is 16.9. The van der Waals surface area contributed by atoms with Gasteiger partial charge in [-0.2, -0.15) is 0 Å². The summed E-state index contributed by atoms with van der Waals surface area (Å²) in [5.41, 5.74) is 1.52. The molecule has 1 heterocycles. The molecule has 0 spiro atoms. The van der Waals surface area contributed by atoms with E-state index in [0.29, 0.717) is 16.7 Å². The van der Waals surface area contributed by atoms with Gasteiger partial charge in [-0.25, -0.2) is 4.79 Å². The van der Waals surface area contributed by atoms with Gasteiger partial charge in [-0.05, 0) is 24.3 Å². The Morgan fingerprint density at radius 1 is 0.871 bits per heavy atom. The van der Waals surface area contributed by atoms with Crippen LogP contribution in [0.25, 0.3) is 22.3 Å². The summed E-state index contributed by atoms with van der Waals surface area (Å²) in [5, 5.41) is 18.8. The van der Waals surface area contributed by atoms with Gasteiger partial charge in [0.25, 0.3) is 0 Å². The lowest BCUT2D eigenvalue weighted by Gasteiger charge is -2.08. The second-order valence-electron chi connectivity index (χ2n) is 6.37. The zero-order valence-electron chi connectivity index (χ0n) is 16.9. The number of benzene rings is 3. The smallest absolute Gasteiger partial charge is 0.335 e. The summed E-state index contributed by atoms with van der Waals surface area (Å²) in [6.45, 7) is 0. The molecule has 0 aliphatic heterocycles. The molecule has 0 aliphatic rings. The second kappa shape index (κ2) is 9.49. The van der Waals surface area contributed by atoms with Crippen LogP contribution in [0.1, 0.15) is 10.4 Å². The van der Waals surface area contributed by atoms with Gasteiger partial charge in [0.2, 0.25) is 5.75 Å². The molecule has 0 amide bonds. The van der Waals surface area contributed by atoms with Crippen molar-refractivity contribution in [1.82, 2.24) is 0 Å². The summed E-state index contributed by atoms with van der Waals surface area (Å²) in [5.74, 6) is -0.570. The minimum Gasteiger partial charge on any atom is -0.502 e. The van der Waals surface area contributed by atoms with Gasteiger partial charge in [0.05, 0.1) is 25.2 Å². The Bertz CT molecular complexity index is 1230. The molecule has 0 aliphatic carbocycles. The van der Waals surface area contributed by atoms with Crippen LogP contribution in [0.2, 0.25) is 0 Å². The molecule has 158 valence electrons. The number of carboxylic acids is 1. The van der Waals surface area contributed by atoms with Crippen molar-refractivity contribution in [2.24, 2.45) is 0 Å². The maximum absolute atomic E-state index is 11.9. The monoisotopic (exact) mass is 420 g/mol. The number of aromatic hydroxyl groups is 1. The predicted molar refractivity (Wildman–Crippen MR) is 116 cm³/mol. The molecule has 1 aromatic heterocycles. The molecule has 0 fully saturated rings. The predicted octanol–water partition coefficient (Wildman–Crippen LogP) is 4.57. The van der Waals surface area contributed by atoms with Crippen molar-refractivity contribution in [3.63, 3.8) is 0 Å². The fraction of sp³-hybridized carbons (Fsp3) is 0.0833. The van der Waals surface area contributed by atoms with E-state index in [1.165, 1.54) is 32.4 Å². The van der Waals surface area contributed by atoms with Crippen LogP contribution < -0.4 is 14.9 Å². The summed E-state index contributed by atoms with van der Waals surface area (Å²) in [6, 6.07) is 20.9. The van der Waals surface area contributed by atoms with Crippen molar-refractivity contribution in [3.05, 3.63) is 88.6 Å². The molecule has 4 rings (SSSR count). The number of phenols is 1. The Morgan fingerprint density at radius 3 is 2.03 bits per heavy atom. The lowest BCUT2D eigenvalue weighted by Crippen LogP contribution is -1.99. The van der Waals surface area contributed by atoms with E-state index >= 15 is 0 Å². The van der Waals surface area contributed by atoms with Gasteiger partial charge in [0.1, 0.15) is 11.3 Å². The fourth-order valence-electron chi connectivity index (χ4n) is 2.87. The minimum absolute atomic E-state index is 0.00324. The molecule has 0 atom stereocenters. The number of para-hydroxylation sites is 1. The van der Waals surface area contributed by atoms with Crippen LogP contribution in [0.5, 0.6) is 17.2 Å². The van der Waals surface area contributed by atoms with E-state index in [4.69, 9.17) is 19.0 Å². The minimum atomic E-state index is -1.11. The second-order valence-corrected chi connectivity index (χ2v) is 6.37. The van der Waals surface area contributed by atoms with Crippen molar-refractivity contribution < 1.29 is 28.9 Å². The average Bonchev–Trinajstić information content (AvgIpc) is 2.80. The van der Waals surface area contributed by atoms with Crippen molar-refractivity contribution in [3.8, 4) is 28.6 Å². The largest absolute Gasteiger partial charge is 0.502 e. The summed E-state index contributed by atoms with van der Waals surface area (Å²) >= 11 is 0. The molecule has 0 radical (unpaired) electrons. The van der Waals surface area contributed by atoms with E-state index in [9.17, 15) is 14.7 Å². The topological polar surface area (TPSA) is 106 Å². The molecule has 7 heteroatoms. The Balaban J connectivity index is 0.000000180. The molecular weight excluding hydrogens is 400 g/mol. The average molecular weight is 420 g/mol. The van der Waals surface area contributed by atoms with E-state index in [-0.39, 0.29) is 28.2 Å². The molecule has 0 saturated carbocycles. The molecule has 0 saturated heterocycles. The number of ether oxygens (including phenoxy) is 2. The Morgan fingerprint density at radius 2 is 1.45 bits per heavy atom. The van der Waals surface area contributed by atoms with Gasteiger partial charge in [-0.3, -0.25) is 4.79 Å². The van der Waals surface area contributed by atoms with Crippen molar-refractivity contribution in [2.45, 2.75) is 0 Å². The van der Waals surface area contributed by atoms with E-state index in [0.717, 1.165) is 5.56 Å². The highest BCUT2D eigenvalue weighted by molar-refractivity contribution is 5.89. The number of carbonyl (C=O) groups is 1. The quantitative estimate of drug-likeness (QED) is 0.498. The zero-order chi connectivity index (χ0) is 22.4. The van der Waals surface area contributed by atoms with Gasteiger partial charge in [0.15, 0.2) is 16.9 Å². The third-order valence-corrected chi connectivity index (χ3v) is 4.42. The number of fused-ring (bicyclic) bond motifs is 1. The SMILES string of the molecule is COc1cc(C(=O)O)cc(OC)c1O.O=c1cc(-c2ccccc2)oc2ccccc12. The first-order valence-corrected chi connectivity index (χ1v) is 9.21. The van der Waals surface area contributed by atoms with E-state index in [1.54, 1.807) is 6.07 Å². The van der Waals surface area contributed by atoms with Crippen LogP contribution in [0.4, 0.5) is 0 Å². The van der Waals surface area contributed by atoms with Crippen LogP contribution >= 0.6 is 0 Å². The maximum Gasteiger partial charge on any atom is 0.335 e. The van der Waals surface area contributed by atoms with Crippen molar-refractivity contribution >= 4 is 16.9 Å². The molecular formula is C24H20O7. The molecule has 31 heavy (non-hydrogen) atoms. The molecule has 0 unspecified atom stereocenters. The number of phenolic OH excluding ortho intramolecular Hbond substituents is 1. The fourth-order valence-corrected chi connectivity index (χ4v) is 2.87. The molecule has 3 aromatic carbocycles. The van der Waals surface area contributed by atoms with Crippen LogP contribution in [-0.4, -0.2) is 30.4 Å². The molecule has 2 N–H and O–H groups in total. The summed E-state index contributed by atoms with van der Waals surface area (Å²) in [4.78, 5) is 22.6. The number of hydrogen-bond donors (Lipinski definition) is 2. The Kier molecular flexibility index (Phi) is 6.57. The van der Waals surface area contributed by atoms with Crippen LogP contribution in [-0.2, 0) is 0 Å². The highest BCUT2D eigenvalue weighted by atomic mass is 16.5. The van der Waals surface area contributed by atoms with Gasteiger partial charge in [0, 0.05) is 11.6 Å². The Labute approximate surface area is 177 Å². The Hall–Kier alpha value is -4.26. The molecule has 7 nitrogen and oxygen atoms in total. The van der Waals surface area contributed by atoms with Crippen LogP contribution in [0.3, 0.4) is 0 Å². The number of carboxylic acid groups (broad SMARTS) is 1. The van der Waals surface area contributed by atoms with Crippen LogP contribution in [0.15, 0.2) is 82.0 Å². The van der Waals surface area contributed by atoms with Crippen LogP contribution in [0, 0.1) is 0 Å². The highest BCUT2D eigenvalue weighted by Gasteiger charge is 2.14. The van der Waals surface area contributed by atoms with Gasteiger partial charge in [-0.1, -0.05) is 42.5 Å². The van der Waals surface area contributed by atoms with Crippen molar-refractivity contribution in [2.75, 3.05) is 14.2 Å². The summed E-state index contributed by atoms with van der Waals surface area (Å²) < 4.78 is 15.3. The first-order valence-electron chi connectivity index (χ1n) is 9.21. The molecule has 0 bridgehead atoms. The lowest BCUT2D eigenvalue weighted by atomic mass is 10.1. The first-order chi connectivity index (χ1) is 14.9. The standard InChI is InChI=1S/C15H10O2.C9H10O5/c16-13-10-15(11-6-2-1-3-7-11)17-14-9-5-4-8-12(13)14;1-13-6-3-5(9(11)12)4-7(14-2)8(6)10/h1-10H;3-4,10H,1-2H3,(H,11,12). The lowest BCUT2D eigenvalue weighted by molar-refractivity contribution is 0.0696. The number of rotatable bonds is 4. The highest BCUT2D eigenvalue weighted by Crippen LogP contribution is 2.36. The van der Waals surface area contributed by atoms with Gasteiger partial charge >= 0.3 is 5.97 Å². The van der Waals surface area contributed by atoms with Gasteiger partial charge in [-0.15, -0.1) is 0 Å². The first kappa shape index (κ1) is 21.4.